The normalized spacial score (nSPS) is 9.95. The number of aromatic nitrogens is 2. The van der Waals surface area contributed by atoms with Gasteiger partial charge in [-0.15, -0.1) is 0 Å². The molecule has 0 radical (unpaired) electrons. The summed E-state index contributed by atoms with van der Waals surface area (Å²) in [5.74, 6) is -0.422. The number of nitrogens with one attached hydrogen (secondary N) is 1. The molecule has 2 rings (SSSR count). The van der Waals surface area contributed by atoms with E-state index in [4.69, 9.17) is 10.5 Å². The zero-order valence-corrected chi connectivity index (χ0v) is 10.5. The molecule has 0 atom stereocenters. The Morgan fingerprint density at radius 3 is 2.79 bits per heavy atom. The summed E-state index contributed by atoms with van der Waals surface area (Å²) in [6, 6.07) is 4.99. The van der Waals surface area contributed by atoms with Gasteiger partial charge in [-0.2, -0.15) is 0 Å². The van der Waals surface area contributed by atoms with Gasteiger partial charge in [0, 0.05) is 5.69 Å². The third-order valence-electron chi connectivity index (χ3n) is 2.38. The van der Waals surface area contributed by atoms with Gasteiger partial charge in [0.15, 0.2) is 0 Å². The summed E-state index contributed by atoms with van der Waals surface area (Å²) in [6.45, 7) is 2.06. The molecule has 0 aliphatic heterocycles. The van der Waals surface area contributed by atoms with Gasteiger partial charge in [0.25, 0.3) is 0 Å². The lowest BCUT2D eigenvalue weighted by atomic mass is 10.1. The van der Waals surface area contributed by atoms with Crippen LogP contribution in [0.2, 0.25) is 0 Å². The lowest BCUT2D eigenvalue weighted by molar-refractivity contribution is 0.0527. The van der Waals surface area contributed by atoms with Crippen LogP contribution in [0, 0.1) is 0 Å². The Labute approximate surface area is 110 Å². The highest BCUT2D eigenvalue weighted by atomic mass is 16.5. The summed E-state index contributed by atoms with van der Waals surface area (Å²) in [7, 11) is 0. The van der Waals surface area contributed by atoms with Gasteiger partial charge < -0.3 is 15.8 Å². The quantitative estimate of drug-likeness (QED) is 0.643. The van der Waals surface area contributed by atoms with Crippen molar-refractivity contribution in [3.05, 3.63) is 42.5 Å². The second-order valence-electron chi connectivity index (χ2n) is 3.78. The van der Waals surface area contributed by atoms with Crippen molar-refractivity contribution in [3.8, 4) is 0 Å². The molecule has 0 saturated heterocycles. The van der Waals surface area contributed by atoms with E-state index in [-0.39, 0.29) is 0 Å². The molecule has 1 aromatic heterocycles. The van der Waals surface area contributed by atoms with Crippen molar-refractivity contribution in [2.75, 3.05) is 17.7 Å². The van der Waals surface area contributed by atoms with Crippen LogP contribution in [0.1, 0.15) is 17.3 Å². The molecular weight excluding hydrogens is 244 g/mol. The maximum absolute atomic E-state index is 11.9. The predicted octanol–water partition coefficient (Wildman–Crippen LogP) is 1.98. The molecule has 0 fully saturated rings. The number of nitrogens with two attached hydrogens (primary N) is 1. The molecule has 0 saturated carbocycles. The first-order valence-electron chi connectivity index (χ1n) is 5.79. The molecule has 0 unspecified atom stereocenters. The maximum Gasteiger partial charge on any atom is 0.340 e. The summed E-state index contributed by atoms with van der Waals surface area (Å²) in [4.78, 5) is 19.6. The highest BCUT2D eigenvalue weighted by molar-refractivity contribution is 5.97. The maximum atomic E-state index is 11.9. The fraction of sp³-hybridized carbons (Fsp3) is 0.154. The first-order valence-corrected chi connectivity index (χ1v) is 5.79. The molecule has 6 heteroatoms. The summed E-state index contributed by atoms with van der Waals surface area (Å²) < 4.78 is 5.00. The molecule has 0 aliphatic rings. The first-order chi connectivity index (χ1) is 9.20. The lowest BCUT2D eigenvalue weighted by Crippen LogP contribution is -2.08. The monoisotopic (exact) mass is 258 g/mol. The van der Waals surface area contributed by atoms with Crippen LogP contribution in [0.3, 0.4) is 0 Å². The van der Waals surface area contributed by atoms with Gasteiger partial charge in [-0.1, -0.05) is 0 Å². The number of hydrogen-bond donors (Lipinski definition) is 2. The van der Waals surface area contributed by atoms with Crippen LogP contribution in [-0.2, 0) is 4.74 Å². The Kier molecular flexibility index (Phi) is 3.92. The average molecular weight is 258 g/mol. The number of esters is 1. The Hall–Kier alpha value is -2.63. The number of carbonyl (C=O) groups is 1. The van der Waals surface area contributed by atoms with E-state index < -0.39 is 5.97 Å². The van der Waals surface area contributed by atoms with Crippen LogP contribution < -0.4 is 11.1 Å². The molecule has 6 nitrogen and oxygen atoms in total. The first kappa shape index (κ1) is 12.8. The van der Waals surface area contributed by atoms with Crippen molar-refractivity contribution >= 4 is 23.0 Å². The Morgan fingerprint density at radius 1 is 1.37 bits per heavy atom. The number of benzene rings is 1. The average Bonchev–Trinajstić information content (AvgIpc) is 2.42. The fourth-order valence-electron chi connectivity index (χ4n) is 1.57. The van der Waals surface area contributed by atoms with Crippen LogP contribution in [0.25, 0.3) is 0 Å². The van der Waals surface area contributed by atoms with Crippen LogP contribution >= 0.6 is 0 Å². The minimum atomic E-state index is -0.422. The van der Waals surface area contributed by atoms with Crippen molar-refractivity contribution in [3.63, 3.8) is 0 Å². The molecule has 0 amide bonds. The third kappa shape index (κ3) is 3.19. The number of rotatable bonds is 4. The topological polar surface area (TPSA) is 90.1 Å². The SMILES string of the molecule is CCOC(=O)c1cc(N)ccc1Nc1cncnc1. The van der Waals surface area contributed by atoms with Gasteiger partial charge in [0.05, 0.1) is 35.9 Å². The number of nitrogens with zero attached hydrogens (tertiary/aromatic N) is 2. The standard InChI is InChI=1S/C13H14N4O2/c1-2-19-13(18)11-5-9(14)3-4-12(11)17-10-6-15-8-16-7-10/h3-8,17H,2,14H2,1H3. The Morgan fingerprint density at radius 2 is 2.11 bits per heavy atom. The zero-order chi connectivity index (χ0) is 13.7. The van der Waals surface area contributed by atoms with Crippen molar-refractivity contribution in [2.24, 2.45) is 0 Å². The molecular formula is C13H14N4O2. The molecule has 2 aromatic rings. The molecule has 19 heavy (non-hydrogen) atoms. The Balaban J connectivity index is 2.32. The van der Waals surface area contributed by atoms with Gasteiger partial charge in [0.1, 0.15) is 6.33 Å². The summed E-state index contributed by atoms with van der Waals surface area (Å²) in [5.41, 5.74) is 7.85. The minimum absolute atomic E-state index is 0.307. The zero-order valence-electron chi connectivity index (χ0n) is 10.5. The summed E-state index contributed by atoms with van der Waals surface area (Å²) in [5, 5.41) is 3.06. The number of nitrogen functional groups attached to an aromatic ring is 1. The number of anilines is 3. The van der Waals surface area contributed by atoms with Crippen molar-refractivity contribution in [1.82, 2.24) is 9.97 Å². The molecule has 1 aromatic carbocycles. The van der Waals surface area contributed by atoms with E-state index >= 15 is 0 Å². The smallest absolute Gasteiger partial charge is 0.340 e. The molecule has 0 bridgehead atoms. The van der Waals surface area contributed by atoms with Gasteiger partial charge in [-0.3, -0.25) is 0 Å². The van der Waals surface area contributed by atoms with Gasteiger partial charge in [-0.05, 0) is 25.1 Å². The van der Waals surface area contributed by atoms with Crippen LogP contribution in [-0.4, -0.2) is 22.5 Å². The number of ether oxygens (including phenoxy) is 1. The third-order valence-corrected chi connectivity index (χ3v) is 2.38. The van der Waals surface area contributed by atoms with Gasteiger partial charge in [0.2, 0.25) is 0 Å². The minimum Gasteiger partial charge on any atom is -0.462 e. The highest BCUT2D eigenvalue weighted by Crippen LogP contribution is 2.23. The van der Waals surface area contributed by atoms with Crippen LogP contribution in [0.4, 0.5) is 17.1 Å². The van der Waals surface area contributed by atoms with E-state index in [1.54, 1.807) is 37.5 Å². The van der Waals surface area contributed by atoms with E-state index in [2.05, 4.69) is 15.3 Å². The van der Waals surface area contributed by atoms with E-state index in [0.29, 0.717) is 29.2 Å². The summed E-state index contributed by atoms with van der Waals surface area (Å²) >= 11 is 0. The van der Waals surface area contributed by atoms with E-state index in [9.17, 15) is 4.79 Å². The van der Waals surface area contributed by atoms with Gasteiger partial charge in [-0.25, -0.2) is 14.8 Å². The predicted molar refractivity (Wildman–Crippen MR) is 72.1 cm³/mol. The molecule has 0 aliphatic carbocycles. The molecule has 3 N–H and O–H groups in total. The molecule has 1 heterocycles. The van der Waals surface area contributed by atoms with E-state index in [0.717, 1.165) is 0 Å². The second-order valence-corrected chi connectivity index (χ2v) is 3.78. The lowest BCUT2D eigenvalue weighted by Gasteiger charge is -2.11. The number of carbonyl (C=O) groups excluding carboxylic acids is 1. The van der Waals surface area contributed by atoms with Crippen molar-refractivity contribution in [1.29, 1.82) is 0 Å². The number of hydrogen-bond acceptors (Lipinski definition) is 6. The molecule has 0 spiro atoms. The van der Waals surface area contributed by atoms with E-state index in [1.807, 2.05) is 0 Å². The highest BCUT2D eigenvalue weighted by Gasteiger charge is 2.13. The largest absolute Gasteiger partial charge is 0.462 e. The Bertz CT molecular complexity index is 572. The van der Waals surface area contributed by atoms with Crippen LogP contribution in [0.15, 0.2) is 36.9 Å². The van der Waals surface area contributed by atoms with Gasteiger partial charge >= 0.3 is 5.97 Å². The van der Waals surface area contributed by atoms with Crippen molar-refractivity contribution in [2.45, 2.75) is 6.92 Å². The fourth-order valence-corrected chi connectivity index (χ4v) is 1.57. The molecule has 98 valence electrons. The second kappa shape index (κ2) is 5.81. The van der Waals surface area contributed by atoms with E-state index in [1.165, 1.54) is 6.33 Å². The summed E-state index contributed by atoms with van der Waals surface area (Å²) in [6.07, 6.45) is 4.65. The van der Waals surface area contributed by atoms with Crippen LogP contribution in [0.5, 0.6) is 0 Å². The van der Waals surface area contributed by atoms with Crippen molar-refractivity contribution < 1.29 is 9.53 Å².